The zero-order valence-corrected chi connectivity index (χ0v) is 21.1. The molecule has 0 heterocycles. The second-order valence-corrected chi connectivity index (χ2v) is 9.37. The van der Waals surface area contributed by atoms with E-state index < -0.39 is 0 Å². The van der Waals surface area contributed by atoms with Crippen molar-refractivity contribution in [3.05, 3.63) is 58.7 Å². The van der Waals surface area contributed by atoms with Crippen LogP contribution >= 0.6 is 0 Å². The second-order valence-electron chi connectivity index (χ2n) is 9.37. The van der Waals surface area contributed by atoms with Crippen LogP contribution in [-0.2, 0) is 14.3 Å². The van der Waals surface area contributed by atoms with E-state index in [1.165, 1.54) is 36.0 Å². The molecular weight excluding hydrogens is 398 g/mol. The van der Waals surface area contributed by atoms with Gasteiger partial charge in [0, 0.05) is 19.4 Å². The zero-order valence-electron chi connectivity index (χ0n) is 21.1. The quantitative estimate of drug-likeness (QED) is 0.269. The van der Waals surface area contributed by atoms with Crippen LogP contribution in [0.1, 0.15) is 86.5 Å². The third-order valence-corrected chi connectivity index (χ3v) is 5.78. The van der Waals surface area contributed by atoms with E-state index in [4.69, 9.17) is 4.74 Å². The van der Waals surface area contributed by atoms with Crippen LogP contribution in [0.4, 0.5) is 0 Å². The smallest absolute Gasteiger partial charge is 0.306 e. The Morgan fingerprint density at radius 3 is 2.56 bits per heavy atom. The van der Waals surface area contributed by atoms with Crippen molar-refractivity contribution in [3.8, 4) is 0 Å². The summed E-state index contributed by atoms with van der Waals surface area (Å²) in [7, 11) is 0. The van der Waals surface area contributed by atoms with Crippen LogP contribution in [0.25, 0.3) is 0 Å². The maximum absolute atomic E-state index is 11.8. The Hall–Kier alpha value is -2.36. The lowest BCUT2D eigenvalue weighted by Gasteiger charge is -2.32. The van der Waals surface area contributed by atoms with Gasteiger partial charge in [-0.25, -0.2) is 0 Å². The Kier molecular flexibility index (Phi) is 12.7. The van der Waals surface area contributed by atoms with Crippen LogP contribution in [0.2, 0.25) is 0 Å². The highest BCUT2D eigenvalue weighted by Gasteiger charge is 2.26. The van der Waals surface area contributed by atoms with Gasteiger partial charge in [-0.2, -0.15) is 0 Å². The summed E-state index contributed by atoms with van der Waals surface area (Å²) in [5.41, 5.74) is 5.48. The number of carbonyl (C=O) groups excluding carboxylic acids is 2. The zero-order chi connectivity index (χ0) is 24.0. The predicted molar refractivity (Wildman–Crippen MR) is 134 cm³/mol. The van der Waals surface area contributed by atoms with Gasteiger partial charge in [0.15, 0.2) is 0 Å². The molecule has 1 aliphatic rings. The number of carbonyl (C=O) groups is 2. The first-order valence-corrected chi connectivity index (χ1v) is 12.0. The molecule has 1 aliphatic carbocycles. The van der Waals surface area contributed by atoms with Crippen molar-refractivity contribution in [1.29, 1.82) is 0 Å². The Balaban J connectivity index is 2.40. The summed E-state index contributed by atoms with van der Waals surface area (Å²) in [5, 5.41) is 2.80. The second kappa shape index (κ2) is 14.7. The van der Waals surface area contributed by atoms with Crippen molar-refractivity contribution in [2.24, 2.45) is 5.41 Å². The van der Waals surface area contributed by atoms with Crippen molar-refractivity contribution < 1.29 is 14.3 Å². The largest absolute Gasteiger partial charge is 0.461 e. The van der Waals surface area contributed by atoms with Gasteiger partial charge in [0.05, 0.1) is 0 Å². The van der Waals surface area contributed by atoms with E-state index in [1.54, 1.807) is 0 Å². The summed E-state index contributed by atoms with van der Waals surface area (Å²) in [6, 6.07) is 0. The fourth-order valence-electron chi connectivity index (χ4n) is 3.78. The molecule has 0 aromatic heterocycles. The molecule has 4 nitrogen and oxygen atoms in total. The molecule has 0 atom stereocenters. The molecule has 1 rings (SSSR count). The summed E-state index contributed by atoms with van der Waals surface area (Å²) in [5.74, 6) is -0.273. The minimum absolute atomic E-state index is 0.00645. The third-order valence-electron chi connectivity index (χ3n) is 5.78. The molecule has 0 saturated carbocycles. The lowest BCUT2D eigenvalue weighted by molar-refractivity contribution is -0.142. The van der Waals surface area contributed by atoms with Crippen LogP contribution < -0.4 is 5.32 Å². The fourth-order valence-corrected chi connectivity index (χ4v) is 3.78. The highest BCUT2D eigenvalue weighted by atomic mass is 16.5. The molecule has 4 heteroatoms. The van der Waals surface area contributed by atoms with Gasteiger partial charge in [0.25, 0.3) is 0 Å². The number of ether oxygens (including phenoxy) is 1. The lowest BCUT2D eigenvalue weighted by atomic mass is 9.72. The standard InChI is InChI=1S/C28H43NO3/c1-7-20-29-26(30)14-9-15-27(31)32-21-18-23(3)12-8-11-22(2)16-17-25-24(4)13-10-19-28(25,5)6/h8,11-12,16-18H,7,9-10,13-15,19-21H2,1-6H3,(H,29,30). The van der Waals surface area contributed by atoms with E-state index in [0.717, 1.165) is 12.0 Å². The van der Waals surface area contributed by atoms with E-state index >= 15 is 0 Å². The minimum atomic E-state index is -0.266. The van der Waals surface area contributed by atoms with Gasteiger partial charge in [0.1, 0.15) is 6.61 Å². The maximum atomic E-state index is 11.8. The number of allylic oxidation sites excluding steroid dienone is 9. The summed E-state index contributed by atoms with van der Waals surface area (Å²) < 4.78 is 5.23. The molecule has 0 unspecified atom stereocenters. The van der Waals surface area contributed by atoms with Crippen LogP contribution in [0.15, 0.2) is 58.7 Å². The van der Waals surface area contributed by atoms with Gasteiger partial charge >= 0.3 is 5.97 Å². The lowest BCUT2D eigenvalue weighted by Crippen LogP contribution is -2.23. The first kappa shape index (κ1) is 27.7. The van der Waals surface area contributed by atoms with E-state index in [9.17, 15) is 9.59 Å². The minimum Gasteiger partial charge on any atom is -0.461 e. The van der Waals surface area contributed by atoms with E-state index in [2.05, 4.69) is 51.2 Å². The van der Waals surface area contributed by atoms with Crippen LogP contribution in [0, 0.1) is 5.41 Å². The third kappa shape index (κ3) is 11.3. The molecule has 1 amide bonds. The van der Waals surface area contributed by atoms with Crippen molar-refractivity contribution in [2.45, 2.75) is 86.5 Å². The predicted octanol–water partition coefficient (Wildman–Crippen LogP) is 6.76. The Morgan fingerprint density at radius 2 is 1.88 bits per heavy atom. The summed E-state index contributed by atoms with van der Waals surface area (Å²) in [4.78, 5) is 23.3. The maximum Gasteiger partial charge on any atom is 0.306 e. The molecule has 32 heavy (non-hydrogen) atoms. The normalized spacial score (nSPS) is 17.3. The number of hydrogen-bond acceptors (Lipinski definition) is 3. The van der Waals surface area contributed by atoms with Crippen LogP contribution in [0.5, 0.6) is 0 Å². The molecule has 0 bridgehead atoms. The first-order chi connectivity index (χ1) is 15.2. The molecule has 1 N–H and O–H groups in total. The van der Waals surface area contributed by atoms with Gasteiger partial charge in [-0.1, -0.05) is 67.9 Å². The van der Waals surface area contributed by atoms with Gasteiger partial charge in [-0.15, -0.1) is 0 Å². The molecule has 0 aromatic carbocycles. The summed E-state index contributed by atoms with van der Waals surface area (Å²) in [6.45, 7) is 14.0. The SMILES string of the molecule is CCCNC(=O)CCCC(=O)OCC=C(C)C=CC=C(C)C=CC1=C(C)CCCC1(C)C. The van der Waals surface area contributed by atoms with Gasteiger partial charge < -0.3 is 10.1 Å². The van der Waals surface area contributed by atoms with Crippen LogP contribution in [-0.4, -0.2) is 25.0 Å². The van der Waals surface area contributed by atoms with E-state index in [0.29, 0.717) is 19.4 Å². The number of nitrogens with one attached hydrogen (secondary N) is 1. The van der Waals surface area contributed by atoms with Gasteiger partial charge in [-0.05, 0) is 69.9 Å². The topological polar surface area (TPSA) is 55.4 Å². The number of hydrogen-bond donors (Lipinski definition) is 1. The number of esters is 1. The van der Waals surface area contributed by atoms with Crippen LogP contribution in [0.3, 0.4) is 0 Å². The summed E-state index contributed by atoms with van der Waals surface area (Å²) >= 11 is 0. The Bertz CT molecular complexity index is 778. The molecule has 0 spiro atoms. The fraction of sp³-hybridized carbons (Fsp3) is 0.571. The monoisotopic (exact) mass is 441 g/mol. The van der Waals surface area contributed by atoms with Crippen molar-refractivity contribution >= 4 is 11.9 Å². The van der Waals surface area contributed by atoms with Crippen molar-refractivity contribution in [3.63, 3.8) is 0 Å². The molecule has 0 saturated heterocycles. The van der Waals surface area contributed by atoms with E-state index in [-0.39, 0.29) is 30.3 Å². The Labute approximate surface area is 195 Å². The molecule has 0 fully saturated rings. The summed E-state index contributed by atoms with van der Waals surface area (Å²) in [6.07, 6.45) is 18.3. The van der Waals surface area contributed by atoms with Gasteiger partial charge in [-0.3, -0.25) is 9.59 Å². The molecule has 178 valence electrons. The van der Waals surface area contributed by atoms with Crippen molar-refractivity contribution in [2.75, 3.05) is 13.2 Å². The first-order valence-electron chi connectivity index (χ1n) is 12.0. The Morgan fingerprint density at radius 1 is 1.12 bits per heavy atom. The van der Waals surface area contributed by atoms with E-state index in [1.807, 2.05) is 32.1 Å². The molecular formula is C28H43NO3. The highest BCUT2D eigenvalue weighted by molar-refractivity contribution is 5.76. The number of rotatable bonds is 12. The average molecular weight is 442 g/mol. The highest BCUT2D eigenvalue weighted by Crippen LogP contribution is 2.40. The van der Waals surface area contributed by atoms with Gasteiger partial charge in [0.2, 0.25) is 5.91 Å². The van der Waals surface area contributed by atoms with Crippen molar-refractivity contribution in [1.82, 2.24) is 5.32 Å². The molecule has 0 radical (unpaired) electrons. The average Bonchev–Trinajstić information content (AvgIpc) is 2.71. The molecule has 0 aliphatic heterocycles. The number of amides is 1. The molecule has 0 aromatic rings.